The fourth-order valence-electron chi connectivity index (χ4n) is 2.07. The normalized spacial score (nSPS) is 10.1. The number of hydrogen-bond donors (Lipinski definition) is 0. The van der Waals surface area contributed by atoms with Gasteiger partial charge in [-0.05, 0) is 10.8 Å². The van der Waals surface area contributed by atoms with Gasteiger partial charge in [-0.1, -0.05) is 30.3 Å². The summed E-state index contributed by atoms with van der Waals surface area (Å²) in [6, 6.07) is 19.8. The van der Waals surface area contributed by atoms with E-state index in [9.17, 15) is 0 Å². The van der Waals surface area contributed by atoms with Crippen LogP contribution in [0.3, 0.4) is 0 Å². The topological polar surface area (TPSA) is 0 Å². The third-order valence-electron chi connectivity index (χ3n) is 2.88. The number of fused-ring (bicyclic) bond motifs is 2. The predicted octanol–water partition coefficient (Wildman–Crippen LogP) is 4.24. The predicted molar refractivity (Wildman–Crippen MR) is 69.1 cm³/mol. The average Bonchev–Trinajstić information content (AvgIpc) is 2.35. The fourth-order valence-corrected chi connectivity index (χ4v) is 2.07. The first-order valence-corrected chi connectivity index (χ1v) is 5.26. The Hall–Kier alpha value is -0.976. The van der Waals surface area contributed by atoms with Crippen molar-refractivity contribution in [1.29, 1.82) is 0 Å². The molecule has 0 aromatic heterocycles. The SMILES string of the molecule is [CH-]=Cc1[c-]ccc2cc3ccccc3cc12.[Y]. The summed E-state index contributed by atoms with van der Waals surface area (Å²) in [6.07, 6.45) is 1.61. The van der Waals surface area contributed by atoms with Crippen LogP contribution in [0.2, 0.25) is 0 Å². The van der Waals surface area contributed by atoms with Crippen LogP contribution in [0, 0.1) is 12.6 Å². The molecule has 0 spiro atoms. The molecule has 0 heterocycles. The Morgan fingerprint density at radius 2 is 1.65 bits per heavy atom. The van der Waals surface area contributed by atoms with Crippen molar-refractivity contribution < 1.29 is 32.7 Å². The van der Waals surface area contributed by atoms with Crippen LogP contribution in [0.25, 0.3) is 27.6 Å². The molecule has 1 radical (unpaired) electrons. The zero-order chi connectivity index (χ0) is 11.0. The molecule has 0 unspecified atom stereocenters. The summed E-state index contributed by atoms with van der Waals surface area (Å²) in [6.45, 7) is 5.60. The van der Waals surface area contributed by atoms with Gasteiger partial charge >= 0.3 is 0 Å². The van der Waals surface area contributed by atoms with Gasteiger partial charge in [0.05, 0.1) is 0 Å². The van der Waals surface area contributed by atoms with Crippen LogP contribution in [0.1, 0.15) is 5.56 Å². The van der Waals surface area contributed by atoms with Crippen molar-refractivity contribution in [2.75, 3.05) is 0 Å². The molecule has 0 saturated carbocycles. The molecule has 79 valence electrons. The summed E-state index contributed by atoms with van der Waals surface area (Å²) in [7, 11) is 0. The molecule has 0 bridgehead atoms. The standard InChI is InChI=1S/C16H10.Y/c1-2-12-8-5-9-15-10-13-6-3-4-7-14(13)11-16(12)15;/h1-7,9-11H;/q-2;. The summed E-state index contributed by atoms with van der Waals surface area (Å²) in [5.74, 6) is 0. The first-order valence-electron chi connectivity index (χ1n) is 5.26. The molecule has 1 heteroatoms. The molecule has 0 atom stereocenters. The number of hydrogen-bond acceptors (Lipinski definition) is 0. The second-order valence-electron chi connectivity index (χ2n) is 3.84. The zero-order valence-corrected chi connectivity index (χ0v) is 12.2. The van der Waals surface area contributed by atoms with Gasteiger partial charge < -0.3 is 12.7 Å². The Bertz CT molecular complexity index is 683. The van der Waals surface area contributed by atoms with Crippen molar-refractivity contribution in [3.8, 4) is 0 Å². The van der Waals surface area contributed by atoms with Crippen molar-refractivity contribution in [2.45, 2.75) is 0 Å². The molecule has 0 nitrogen and oxygen atoms in total. The molecule has 3 aromatic carbocycles. The molecule has 17 heavy (non-hydrogen) atoms. The van der Waals surface area contributed by atoms with Crippen LogP contribution < -0.4 is 0 Å². The van der Waals surface area contributed by atoms with Gasteiger partial charge in [0.25, 0.3) is 0 Å². The molecule has 0 aliphatic rings. The van der Waals surface area contributed by atoms with Crippen molar-refractivity contribution in [1.82, 2.24) is 0 Å². The van der Waals surface area contributed by atoms with E-state index in [1.807, 2.05) is 12.1 Å². The molecule has 0 aliphatic carbocycles. The average molecular weight is 291 g/mol. The van der Waals surface area contributed by atoms with Gasteiger partial charge in [0.1, 0.15) is 0 Å². The van der Waals surface area contributed by atoms with E-state index in [1.165, 1.54) is 16.2 Å². The Balaban J connectivity index is 0.00000108. The molecule has 3 aromatic rings. The third kappa shape index (κ3) is 2.20. The van der Waals surface area contributed by atoms with E-state index in [1.54, 1.807) is 6.08 Å². The zero-order valence-electron chi connectivity index (χ0n) is 9.35. The molecule has 0 aliphatic heterocycles. The Morgan fingerprint density at radius 1 is 0.941 bits per heavy atom. The molecule has 0 N–H and O–H groups in total. The van der Waals surface area contributed by atoms with Gasteiger partial charge in [-0.3, -0.25) is 5.56 Å². The van der Waals surface area contributed by atoms with E-state index in [0.29, 0.717) is 0 Å². The number of benzene rings is 3. The van der Waals surface area contributed by atoms with Gasteiger partial charge in [0.2, 0.25) is 0 Å². The van der Waals surface area contributed by atoms with E-state index in [4.69, 9.17) is 6.58 Å². The molecule has 3 rings (SSSR count). The van der Waals surface area contributed by atoms with E-state index < -0.39 is 0 Å². The van der Waals surface area contributed by atoms with Gasteiger partial charge in [0, 0.05) is 32.7 Å². The maximum atomic E-state index is 5.60. The molecule has 0 fully saturated rings. The summed E-state index contributed by atoms with van der Waals surface area (Å²) < 4.78 is 0. The summed E-state index contributed by atoms with van der Waals surface area (Å²) in [4.78, 5) is 0. The van der Waals surface area contributed by atoms with Crippen LogP contribution in [-0.2, 0) is 32.7 Å². The summed E-state index contributed by atoms with van der Waals surface area (Å²) >= 11 is 0. The van der Waals surface area contributed by atoms with Crippen LogP contribution in [0.5, 0.6) is 0 Å². The summed E-state index contributed by atoms with van der Waals surface area (Å²) in [5.41, 5.74) is 0.961. The minimum atomic E-state index is 0. The second kappa shape index (κ2) is 5.12. The van der Waals surface area contributed by atoms with Crippen molar-refractivity contribution >= 4 is 27.6 Å². The van der Waals surface area contributed by atoms with Gasteiger partial charge in [-0.25, -0.2) is 6.07 Å². The minimum Gasteiger partial charge on any atom is -0.344 e. The quantitative estimate of drug-likeness (QED) is 0.465. The van der Waals surface area contributed by atoms with Crippen LogP contribution in [0.4, 0.5) is 0 Å². The third-order valence-corrected chi connectivity index (χ3v) is 2.88. The fraction of sp³-hybridized carbons (Fsp3) is 0. The van der Waals surface area contributed by atoms with Crippen LogP contribution in [-0.4, -0.2) is 0 Å². The second-order valence-corrected chi connectivity index (χ2v) is 3.84. The molecular formula is C16H10Y-2. The largest absolute Gasteiger partial charge is 0.344 e. The molecular weight excluding hydrogens is 281 g/mol. The van der Waals surface area contributed by atoms with Crippen LogP contribution in [0.15, 0.2) is 48.5 Å². The van der Waals surface area contributed by atoms with E-state index in [0.717, 1.165) is 10.9 Å². The minimum absolute atomic E-state index is 0. The van der Waals surface area contributed by atoms with E-state index in [-0.39, 0.29) is 32.7 Å². The Morgan fingerprint density at radius 3 is 2.35 bits per heavy atom. The van der Waals surface area contributed by atoms with E-state index in [2.05, 4.69) is 42.5 Å². The maximum Gasteiger partial charge on any atom is 0 e. The van der Waals surface area contributed by atoms with Crippen molar-refractivity contribution in [3.63, 3.8) is 0 Å². The van der Waals surface area contributed by atoms with Crippen molar-refractivity contribution in [3.05, 3.63) is 66.7 Å². The van der Waals surface area contributed by atoms with Crippen molar-refractivity contribution in [2.24, 2.45) is 0 Å². The van der Waals surface area contributed by atoms with Crippen LogP contribution >= 0.6 is 0 Å². The number of rotatable bonds is 1. The van der Waals surface area contributed by atoms with Gasteiger partial charge in [0.15, 0.2) is 0 Å². The smallest absolute Gasteiger partial charge is 0 e. The van der Waals surface area contributed by atoms with Gasteiger partial charge in [-0.2, -0.15) is 11.5 Å². The summed E-state index contributed by atoms with van der Waals surface area (Å²) in [5, 5.41) is 4.85. The first-order chi connectivity index (χ1) is 7.88. The molecule has 0 saturated heterocycles. The monoisotopic (exact) mass is 291 g/mol. The molecule has 0 amide bonds. The van der Waals surface area contributed by atoms with Gasteiger partial charge in [-0.15, -0.1) is 17.5 Å². The Labute approximate surface area is 126 Å². The van der Waals surface area contributed by atoms with E-state index >= 15 is 0 Å². The maximum absolute atomic E-state index is 5.60. The first kappa shape index (κ1) is 12.5. The Kier molecular flexibility index (Phi) is 3.76.